The highest BCUT2D eigenvalue weighted by molar-refractivity contribution is 5.78. The normalized spacial score (nSPS) is 45.6. The molecule has 652 valence electrons. The molecule has 42 atom stereocenters. The molecule has 51 heteroatoms. The monoisotopic (exact) mass is 1650 g/mol. The summed E-state index contributed by atoms with van der Waals surface area (Å²) >= 11 is 0. The Labute approximate surface area is 637 Å². The van der Waals surface area contributed by atoms with Gasteiger partial charge in [-0.1, -0.05) is 0 Å². The number of carboxylic acids is 2. The summed E-state index contributed by atoms with van der Waals surface area (Å²) in [5.74, 6) is -15.2. The summed E-state index contributed by atoms with van der Waals surface area (Å²) in [6.45, 7) is -6.18. The summed E-state index contributed by atoms with van der Waals surface area (Å²) < 4.78 is 87.8. The first-order valence-corrected chi connectivity index (χ1v) is 35.4. The standard InChI is InChI=1S/C62H102N4O47/c1-15(73)63-29-19(77)5-61(59(95)96,111-49(29)33(81)21(79)7-67)100-14-28-37(85)48(109-58-45(93)52(36(84)24(10-70)103-58)113-62(60(97)98)6-20(78)30(64-16(2)74)50(112-62)34(82)22(80)8-68)32(66-18(4)76)55(105-28)110-51-38(86)27(106-57(44(51)92)108-47-25(11-71)101-53(94)42(90)41(47)89)13-99-54-31(65-17(3)75)39(87)46(26(12-72)104-54)107-56-43(91)40(88)35(83)23(9-69)102-56/h19-58,67-72,77-94H,5-14H2,1-4H3,(H,63,73)(H,64,74)(H,65,75)(H,66,76)(H,95,96)(H,97,98)/t19-,20-,21+,22+,23+,24+,25+,26+,27+,28+,29+,30+,31+,32+,33+,34+,35-,36-,37+,38-,39+,40-,41+,42+,43+,44+,45+,46+,47+,48+,49+,50+,51-,52-,53+,54+,55-,56-,57-,58-,61-,62+/m0/s1. The number of carbonyl (C=O) groups excluding carboxylic acids is 4. The molecule has 0 aromatic carbocycles. The molecule has 8 rings (SSSR count). The third-order valence-corrected chi connectivity index (χ3v) is 20.2. The van der Waals surface area contributed by atoms with E-state index in [1.165, 1.54) is 0 Å². The van der Waals surface area contributed by atoms with E-state index in [4.69, 9.17) is 71.1 Å². The number of aliphatic hydroxyl groups is 24. The molecule has 8 aliphatic rings. The van der Waals surface area contributed by atoms with Crippen molar-refractivity contribution in [2.75, 3.05) is 52.9 Å². The second kappa shape index (κ2) is 39.9. The number of aliphatic carboxylic acids is 2. The molecule has 113 heavy (non-hydrogen) atoms. The van der Waals surface area contributed by atoms with Gasteiger partial charge in [0.1, 0.15) is 183 Å². The first-order chi connectivity index (χ1) is 53.1. The maximum absolute atomic E-state index is 13.6. The zero-order valence-corrected chi connectivity index (χ0v) is 60.4. The lowest BCUT2D eigenvalue weighted by molar-refractivity contribution is -0.392. The molecule has 0 saturated carbocycles. The molecule has 8 heterocycles. The molecule has 0 radical (unpaired) electrons. The topological polar surface area (TPSA) is 815 Å². The molecule has 8 saturated heterocycles. The number of ether oxygens (including phenoxy) is 15. The third kappa shape index (κ3) is 20.8. The van der Waals surface area contributed by atoms with Crippen LogP contribution < -0.4 is 21.3 Å². The second-order valence-electron chi connectivity index (χ2n) is 28.2. The van der Waals surface area contributed by atoms with Crippen molar-refractivity contribution in [2.24, 2.45) is 0 Å². The SMILES string of the molecule is CC(=O)N[C@H]1[C@H](OC[C@H]2O[C@@H](O[C@H]3[C@H](O)[C@@H](O)[C@H](O)O[C@@H]3CO)[C@H](O)[C@@H](O[C@@H]3O[C@H](CO[C@@]4(C(=O)O)C[C@H](O)[C@@H](NC(C)=O)[C@H]([C@H](O)[C@H](O)CO)O4)[C@@H](O)[C@H](O[C@@H]4O[C@H](CO)[C@H](O)[C@H](O[C@@]5(C(=O)O)C[C@H](O)[C@@H](NC(C)=O)[C@H]([C@H](O)[C@H](O)CO)O5)[C@H]4O)[C@H]3NC(C)=O)[C@H]2O)O[C@H](CO)[C@@H](O[C@@H]2O[C@H](CO)[C@H](O)[C@H](O)[C@H]2O)[C@@H]1O. The van der Waals surface area contributed by atoms with Crippen molar-refractivity contribution in [1.29, 1.82) is 0 Å². The van der Waals surface area contributed by atoms with Crippen molar-refractivity contribution in [3.8, 4) is 0 Å². The summed E-state index contributed by atoms with van der Waals surface area (Å²) in [7, 11) is 0. The fourth-order valence-electron chi connectivity index (χ4n) is 14.3. The highest BCUT2D eigenvalue weighted by Crippen LogP contribution is 2.42. The molecule has 0 spiro atoms. The Balaban J connectivity index is 1.21. The molecule has 0 aromatic rings. The van der Waals surface area contributed by atoms with Crippen LogP contribution in [-0.4, -0.2) is 478 Å². The van der Waals surface area contributed by atoms with Gasteiger partial charge in [0.15, 0.2) is 37.7 Å². The number of carboxylic acid groups (broad SMARTS) is 2. The van der Waals surface area contributed by atoms with Crippen LogP contribution in [0, 0.1) is 0 Å². The predicted molar refractivity (Wildman–Crippen MR) is 345 cm³/mol. The number of nitrogens with one attached hydrogen (secondary N) is 4. The summed E-state index contributed by atoms with van der Waals surface area (Å²) in [6.07, 6.45) is -83.8. The van der Waals surface area contributed by atoms with Crippen molar-refractivity contribution >= 4 is 35.6 Å². The predicted octanol–water partition coefficient (Wildman–Crippen LogP) is -19.5. The van der Waals surface area contributed by atoms with Gasteiger partial charge in [-0.15, -0.1) is 0 Å². The van der Waals surface area contributed by atoms with Crippen LogP contribution in [0.5, 0.6) is 0 Å². The Morgan fingerprint density at radius 2 is 0.752 bits per heavy atom. The Morgan fingerprint density at radius 1 is 0.372 bits per heavy atom. The molecule has 8 fully saturated rings. The van der Waals surface area contributed by atoms with E-state index < -0.39 is 358 Å². The fraction of sp³-hybridized carbons (Fsp3) is 0.903. The van der Waals surface area contributed by atoms with Gasteiger partial charge in [-0.2, -0.15) is 0 Å². The smallest absolute Gasteiger partial charge is 0.364 e. The van der Waals surface area contributed by atoms with Gasteiger partial charge < -0.3 is 225 Å². The molecule has 0 unspecified atom stereocenters. The molecule has 0 aliphatic carbocycles. The molecule has 51 nitrogen and oxygen atoms in total. The van der Waals surface area contributed by atoms with Crippen LogP contribution in [0.3, 0.4) is 0 Å². The van der Waals surface area contributed by atoms with E-state index in [0.717, 1.165) is 27.7 Å². The molecule has 8 aliphatic heterocycles. The Morgan fingerprint density at radius 3 is 1.25 bits per heavy atom. The zero-order chi connectivity index (χ0) is 84.1. The van der Waals surface area contributed by atoms with Crippen molar-refractivity contribution in [3.05, 3.63) is 0 Å². The van der Waals surface area contributed by atoms with Gasteiger partial charge >= 0.3 is 11.9 Å². The number of carbonyl (C=O) groups is 6. The average Bonchev–Trinajstić information content (AvgIpc) is 0.766. The van der Waals surface area contributed by atoms with Gasteiger partial charge in [0.05, 0.1) is 77.1 Å². The second-order valence-corrected chi connectivity index (χ2v) is 28.2. The summed E-state index contributed by atoms with van der Waals surface area (Å²) in [5, 5.41) is 296. The van der Waals surface area contributed by atoms with Gasteiger partial charge in [0.25, 0.3) is 11.6 Å². The number of aliphatic hydroxyl groups excluding tert-OH is 24. The van der Waals surface area contributed by atoms with Crippen LogP contribution in [0.1, 0.15) is 40.5 Å². The number of amides is 4. The van der Waals surface area contributed by atoms with E-state index in [9.17, 15) is 162 Å². The van der Waals surface area contributed by atoms with Crippen LogP contribution in [0.2, 0.25) is 0 Å². The summed E-state index contributed by atoms with van der Waals surface area (Å²) in [6, 6.07) is -7.83. The van der Waals surface area contributed by atoms with E-state index in [1.54, 1.807) is 0 Å². The van der Waals surface area contributed by atoms with Gasteiger partial charge in [0.2, 0.25) is 23.6 Å². The number of rotatable bonds is 32. The van der Waals surface area contributed by atoms with Crippen molar-refractivity contribution in [1.82, 2.24) is 21.3 Å². The Hall–Kier alpha value is -4.74. The fourth-order valence-corrected chi connectivity index (χ4v) is 14.3. The maximum Gasteiger partial charge on any atom is 0.364 e. The lowest BCUT2D eigenvalue weighted by atomic mass is 9.88. The van der Waals surface area contributed by atoms with Crippen molar-refractivity contribution in [2.45, 2.75) is 297 Å². The van der Waals surface area contributed by atoms with Crippen LogP contribution >= 0.6 is 0 Å². The van der Waals surface area contributed by atoms with Crippen molar-refractivity contribution < 1.29 is 233 Å². The van der Waals surface area contributed by atoms with Gasteiger partial charge in [-0.3, -0.25) is 19.2 Å². The minimum absolute atomic E-state index is 0.794. The highest BCUT2D eigenvalue weighted by atomic mass is 16.8. The molecule has 0 aromatic heterocycles. The minimum Gasteiger partial charge on any atom is -0.477 e. The maximum atomic E-state index is 13.6. The molecular formula is C62H102N4O47. The lowest BCUT2D eigenvalue weighted by Gasteiger charge is -2.52. The Kier molecular flexibility index (Phi) is 33.1. The van der Waals surface area contributed by atoms with Crippen LogP contribution in [-0.2, 0) is 99.8 Å². The third-order valence-electron chi connectivity index (χ3n) is 20.2. The van der Waals surface area contributed by atoms with Crippen LogP contribution in [0.4, 0.5) is 0 Å². The van der Waals surface area contributed by atoms with E-state index in [2.05, 4.69) is 21.3 Å². The Bertz CT molecular complexity index is 3110. The van der Waals surface area contributed by atoms with E-state index >= 15 is 0 Å². The molecule has 0 bridgehead atoms. The number of hydrogen-bond acceptors (Lipinski definition) is 45. The number of hydrogen-bond donors (Lipinski definition) is 30. The van der Waals surface area contributed by atoms with E-state index in [0.29, 0.717) is 0 Å². The van der Waals surface area contributed by atoms with Gasteiger partial charge in [-0.05, 0) is 0 Å². The van der Waals surface area contributed by atoms with E-state index in [-0.39, 0.29) is 0 Å². The van der Waals surface area contributed by atoms with Gasteiger partial charge in [0, 0.05) is 40.5 Å². The lowest BCUT2D eigenvalue weighted by Crippen LogP contribution is -2.72. The quantitative estimate of drug-likeness (QED) is 0.0297. The van der Waals surface area contributed by atoms with Crippen molar-refractivity contribution in [3.63, 3.8) is 0 Å². The first kappa shape index (κ1) is 93.8. The summed E-state index contributed by atoms with van der Waals surface area (Å²) in [4.78, 5) is 78.2. The highest BCUT2D eigenvalue weighted by Gasteiger charge is 2.64. The van der Waals surface area contributed by atoms with Crippen LogP contribution in [0.25, 0.3) is 0 Å². The minimum atomic E-state index is -3.43. The molecular weight excluding hydrogens is 1550 g/mol. The molecule has 4 amide bonds. The first-order valence-electron chi connectivity index (χ1n) is 35.4. The largest absolute Gasteiger partial charge is 0.477 e. The average molecular weight is 1660 g/mol. The zero-order valence-electron chi connectivity index (χ0n) is 60.4. The summed E-state index contributed by atoms with van der Waals surface area (Å²) in [5.41, 5.74) is 0. The molecule has 30 N–H and O–H groups in total. The van der Waals surface area contributed by atoms with Gasteiger partial charge in [-0.25, -0.2) is 9.59 Å². The van der Waals surface area contributed by atoms with E-state index in [1.807, 2.05) is 0 Å². The van der Waals surface area contributed by atoms with Crippen LogP contribution in [0.15, 0.2) is 0 Å².